The van der Waals surface area contributed by atoms with Gasteiger partial charge in [0.15, 0.2) is 0 Å². The molecule has 2 aliphatic heterocycles. The van der Waals surface area contributed by atoms with Crippen molar-refractivity contribution in [3.05, 3.63) is 0 Å². The Bertz CT molecular complexity index is 288. The van der Waals surface area contributed by atoms with Crippen molar-refractivity contribution >= 4 is 18.2 Å². The SMILES string of the molecule is C#CC1(OOC(=O)OC2COSC2)CO1. The van der Waals surface area contributed by atoms with Gasteiger partial charge in [-0.15, -0.1) is 11.3 Å². The van der Waals surface area contributed by atoms with Crippen LogP contribution in [-0.4, -0.2) is 37.0 Å². The highest BCUT2D eigenvalue weighted by Gasteiger charge is 2.48. The molecule has 0 bridgehead atoms. The van der Waals surface area contributed by atoms with Crippen molar-refractivity contribution in [2.75, 3.05) is 19.0 Å². The Morgan fingerprint density at radius 2 is 2.47 bits per heavy atom. The van der Waals surface area contributed by atoms with E-state index in [0.717, 1.165) is 0 Å². The molecule has 0 N–H and O–H groups in total. The van der Waals surface area contributed by atoms with Crippen molar-refractivity contribution in [2.45, 2.75) is 11.9 Å². The highest BCUT2D eigenvalue weighted by molar-refractivity contribution is 7.94. The quantitative estimate of drug-likeness (QED) is 0.175. The van der Waals surface area contributed by atoms with E-state index in [1.807, 2.05) is 0 Å². The van der Waals surface area contributed by atoms with Crippen LogP contribution in [0.5, 0.6) is 0 Å². The Morgan fingerprint density at radius 1 is 1.67 bits per heavy atom. The molecule has 2 aliphatic rings. The van der Waals surface area contributed by atoms with Crippen LogP contribution < -0.4 is 0 Å². The second-order valence-electron chi connectivity index (χ2n) is 2.91. The normalized spacial score (nSPS) is 33.1. The highest BCUT2D eigenvalue weighted by Crippen LogP contribution is 2.27. The molecule has 2 unspecified atom stereocenters. The number of carbonyl (C=O) groups is 1. The van der Waals surface area contributed by atoms with Gasteiger partial charge in [-0.1, -0.05) is 0 Å². The summed E-state index contributed by atoms with van der Waals surface area (Å²) in [6, 6.07) is 0. The molecule has 0 amide bonds. The Hall–Kier alpha value is -0.940. The standard InChI is InChI=1S/C8H8O6S/c1-2-8(5-10-8)14-13-7(9)12-6-3-11-15-4-6/h1,6H,3-5H2. The van der Waals surface area contributed by atoms with Gasteiger partial charge in [-0.2, -0.15) is 0 Å². The van der Waals surface area contributed by atoms with Gasteiger partial charge in [0.25, 0.3) is 5.79 Å². The highest BCUT2D eigenvalue weighted by atomic mass is 32.2. The summed E-state index contributed by atoms with van der Waals surface area (Å²) in [5.41, 5.74) is 0. The van der Waals surface area contributed by atoms with Crippen molar-refractivity contribution in [1.29, 1.82) is 0 Å². The fourth-order valence-corrected chi connectivity index (χ4v) is 1.50. The number of hydrogen-bond acceptors (Lipinski definition) is 7. The zero-order valence-electron chi connectivity index (χ0n) is 7.63. The van der Waals surface area contributed by atoms with E-state index >= 15 is 0 Å². The molecule has 6 nitrogen and oxygen atoms in total. The Morgan fingerprint density at radius 3 is 3.00 bits per heavy atom. The van der Waals surface area contributed by atoms with Gasteiger partial charge in [-0.3, -0.25) is 4.89 Å². The Balaban J connectivity index is 1.66. The molecule has 0 saturated carbocycles. The lowest BCUT2D eigenvalue weighted by atomic mass is 10.4. The van der Waals surface area contributed by atoms with Crippen LogP contribution in [0.2, 0.25) is 0 Å². The third-order valence-electron chi connectivity index (χ3n) is 1.72. The van der Waals surface area contributed by atoms with E-state index < -0.39 is 11.9 Å². The number of rotatable bonds is 3. The maximum Gasteiger partial charge on any atom is 0.540 e. The first-order valence-corrected chi connectivity index (χ1v) is 5.08. The number of carbonyl (C=O) groups excluding carboxylic acids is 1. The summed E-state index contributed by atoms with van der Waals surface area (Å²) in [4.78, 5) is 19.9. The molecular weight excluding hydrogens is 224 g/mol. The number of hydrogen-bond donors (Lipinski definition) is 0. The van der Waals surface area contributed by atoms with E-state index in [-0.39, 0.29) is 12.7 Å². The first-order valence-electron chi connectivity index (χ1n) is 4.16. The summed E-state index contributed by atoms with van der Waals surface area (Å²) in [5.74, 6) is 1.56. The molecule has 2 rings (SSSR count). The summed E-state index contributed by atoms with van der Waals surface area (Å²) in [6.07, 6.45) is 3.80. The van der Waals surface area contributed by atoms with Crippen LogP contribution in [-0.2, 0) is 23.4 Å². The number of epoxide rings is 1. The second-order valence-corrected chi connectivity index (χ2v) is 3.72. The molecular formula is C8H8O6S. The Labute approximate surface area is 90.3 Å². The van der Waals surface area contributed by atoms with Crippen molar-refractivity contribution in [1.82, 2.24) is 0 Å². The number of ether oxygens (including phenoxy) is 2. The summed E-state index contributed by atoms with van der Waals surface area (Å²) in [7, 11) is 0. The van der Waals surface area contributed by atoms with Crippen LogP contribution in [0.3, 0.4) is 0 Å². The van der Waals surface area contributed by atoms with Crippen LogP contribution in [0.15, 0.2) is 0 Å². The fourth-order valence-electron chi connectivity index (χ4n) is 0.842. The molecule has 82 valence electrons. The molecule has 15 heavy (non-hydrogen) atoms. The van der Waals surface area contributed by atoms with E-state index in [9.17, 15) is 4.79 Å². The second kappa shape index (κ2) is 4.28. The molecule has 0 radical (unpaired) electrons. The summed E-state index contributed by atoms with van der Waals surface area (Å²) in [5, 5.41) is 0. The predicted octanol–water partition coefficient (Wildman–Crippen LogP) is 0.478. The van der Waals surface area contributed by atoms with Crippen molar-refractivity contribution in [3.8, 4) is 12.3 Å². The monoisotopic (exact) mass is 232 g/mol. The van der Waals surface area contributed by atoms with Crippen molar-refractivity contribution < 1.29 is 28.2 Å². The van der Waals surface area contributed by atoms with Gasteiger partial charge >= 0.3 is 6.16 Å². The topological polar surface area (TPSA) is 66.5 Å². The van der Waals surface area contributed by atoms with Crippen LogP contribution in [0.25, 0.3) is 0 Å². The average Bonchev–Trinajstić information content (AvgIpc) is 2.86. The van der Waals surface area contributed by atoms with Crippen molar-refractivity contribution in [3.63, 3.8) is 0 Å². The van der Waals surface area contributed by atoms with Gasteiger partial charge in [0, 0.05) is 0 Å². The lowest BCUT2D eigenvalue weighted by molar-refractivity contribution is -0.306. The molecule has 0 aromatic carbocycles. The maximum absolute atomic E-state index is 11.0. The first kappa shape index (κ1) is 10.6. The molecule has 2 saturated heterocycles. The molecule has 2 heterocycles. The third-order valence-corrected chi connectivity index (χ3v) is 2.54. The average molecular weight is 232 g/mol. The van der Waals surface area contributed by atoms with Gasteiger partial charge in [0.1, 0.15) is 12.7 Å². The van der Waals surface area contributed by atoms with Gasteiger partial charge in [0.05, 0.1) is 12.4 Å². The molecule has 0 spiro atoms. The number of terminal acetylenes is 1. The third kappa shape index (κ3) is 2.76. The van der Waals surface area contributed by atoms with Crippen molar-refractivity contribution in [2.24, 2.45) is 0 Å². The van der Waals surface area contributed by atoms with E-state index in [4.69, 9.17) is 20.1 Å². The maximum atomic E-state index is 11.0. The minimum absolute atomic E-state index is 0.208. The van der Waals surface area contributed by atoms with Gasteiger partial charge in [-0.25, -0.2) is 4.79 Å². The fraction of sp³-hybridized carbons (Fsp3) is 0.625. The van der Waals surface area contributed by atoms with E-state index in [2.05, 4.69) is 15.7 Å². The van der Waals surface area contributed by atoms with Gasteiger partial charge < -0.3 is 13.7 Å². The van der Waals surface area contributed by atoms with Gasteiger partial charge in [-0.05, 0) is 18.0 Å². The zero-order chi connectivity index (χ0) is 10.7. The van der Waals surface area contributed by atoms with Gasteiger partial charge in [0.2, 0.25) is 0 Å². The van der Waals surface area contributed by atoms with E-state index in [0.29, 0.717) is 12.4 Å². The smallest absolute Gasteiger partial charge is 0.426 e. The molecule has 0 aliphatic carbocycles. The minimum atomic E-state index is -1.21. The van der Waals surface area contributed by atoms with Crippen LogP contribution in [0.4, 0.5) is 4.79 Å². The lowest BCUT2D eigenvalue weighted by Crippen LogP contribution is -2.24. The molecule has 0 aromatic rings. The largest absolute Gasteiger partial charge is 0.540 e. The van der Waals surface area contributed by atoms with Crippen LogP contribution in [0, 0.1) is 12.3 Å². The molecule has 2 atom stereocenters. The van der Waals surface area contributed by atoms with E-state index in [1.165, 1.54) is 12.0 Å². The predicted molar refractivity (Wildman–Crippen MR) is 48.4 cm³/mol. The Kier molecular flexibility index (Phi) is 3.02. The van der Waals surface area contributed by atoms with Crippen LogP contribution in [0.1, 0.15) is 0 Å². The minimum Gasteiger partial charge on any atom is -0.426 e. The first-order chi connectivity index (χ1) is 7.24. The molecule has 0 aromatic heterocycles. The lowest BCUT2D eigenvalue weighted by Gasteiger charge is -2.09. The summed E-state index contributed by atoms with van der Waals surface area (Å²) in [6.45, 7) is 0.551. The van der Waals surface area contributed by atoms with Crippen LogP contribution >= 0.6 is 12.0 Å². The summed E-state index contributed by atoms with van der Waals surface area (Å²) < 4.78 is 14.5. The summed E-state index contributed by atoms with van der Waals surface area (Å²) >= 11 is 1.23. The molecule has 7 heteroatoms. The molecule has 2 fully saturated rings. The van der Waals surface area contributed by atoms with E-state index in [1.54, 1.807) is 0 Å². The zero-order valence-corrected chi connectivity index (χ0v) is 8.45.